The highest BCUT2D eigenvalue weighted by atomic mass is 35.5. The third kappa shape index (κ3) is 5.94. The van der Waals surface area contributed by atoms with Crippen molar-refractivity contribution in [3.8, 4) is 5.75 Å². The predicted molar refractivity (Wildman–Crippen MR) is 101 cm³/mol. The molecule has 0 bridgehead atoms. The molecule has 0 aromatic heterocycles. The molecule has 1 heterocycles. The van der Waals surface area contributed by atoms with Crippen molar-refractivity contribution >= 4 is 12.4 Å². The molecule has 1 saturated carbocycles. The molecule has 3 rings (SSSR count). The van der Waals surface area contributed by atoms with E-state index in [9.17, 15) is 5.11 Å². The van der Waals surface area contributed by atoms with Gasteiger partial charge < -0.3 is 14.7 Å². The Hall–Kier alpha value is -0.770. The zero-order chi connectivity index (χ0) is 15.9. The van der Waals surface area contributed by atoms with Gasteiger partial charge in [0.25, 0.3) is 0 Å². The third-order valence-electron chi connectivity index (χ3n) is 5.32. The summed E-state index contributed by atoms with van der Waals surface area (Å²) in [6, 6.07) is 8.56. The number of ether oxygens (including phenoxy) is 1. The van der Waals surface area contributed by atoms with Crippen LogP contribution in [0.3, 0.4) is 0 Å². The molecular formula is C20H32ClNO2. The van der Waals surface area contributed by atoms with Gasteiger partial charge in [-0.1, -0.05) is 37.8 Å². The first-order valence-corrected chi connectivity index (χ1v) is 9.44. The lowest BCUT2D eigenvalue weighted by Crippen LogP contribution is -2.38. The molecular weight excluding hydrogens is 322 g/mol. The van der Waals surface area contributed by atoms with Gasteiger partial charge in [0.2, 0.25) is 0 Å². The summed E-state index contributed by atoms with van der Waals surface area (Å²) >= 11 is 0. The van der Waals surface area contributed by atoms with Crippen LogP contribution in [0, 0.1) is 0 Å². The van der Waals surface area contributed by atoms with E-state index in [4.69, 9.17) is 4.74 Å². The van der Waals surface area contributed by atoms with Gasteiger partial charge in [0.1, 0.15) is 18.5 Å². The molecule has 3 nitrogen and oxygen atoms in total. The zero-order valence-electron chi connectivity index (χ0n) is 14.7. The van der Waals surface area contributed by atoms with Gasteiger partial charge in [0.05, 0.1) is 0 Å². The number of hydrogen-bond donors (Lipinski definition) is 1. The van der Waals surface area contributed by atoms with E-state index in [1.807, 2.05) is 0 Å². The molecule has 0 radical (unpaired) electrons. The van der Waals surface area contributed by atoms with Crippen LogP contribution in [0.4, 0.5) is 0 Å². The molecule has 0 amide bonds. The second-order valence-electron chi connectivity index (χ2n) is 7.23. The largest absolute Gasteiger partial charge is 0.491 e. The molecule has 1 aromatic rings. The Labute approximate surface area is 152 Å². The molecule has 2 aliphatic rings. The zero-order valence-corrected chi connectivity index (χ0v) is 15.5. The maximum Gasteiger partial charge on any atom is 0.119 e. The van der Waals surface area contributed by atoms with Crippen LogP contribution in [0.2, 0.25) is 0 Å². The molecule has 1 N–H and O–H groups in total. The van der Waals surface area contributed by atoms with Gasteiger partial charge in [-0.2, -0.15) is 0 Å². The smallest absolute Gasteiger partial charge is 0.119 e. The van der Waals surface area contributed by atoms with Crippen molar-refractivity contribution in [3.05, 3.63) is 29.8 Å². The number of hydrogen-bond acceptors (Lipinski definition) is 3. The van der Waals surface area contributed by atoms with Crippen molar-refractivity contribution in [2.45, 2.75) is 63.4 Å². The average molecular weight is 354 g/mol. The Morgan fingerprint density at radius 2 is 1.58 bits per heavy atom. The second-order valence-corrected chi connectivity index (χ2v) is 7.23. The fraction of sp³-hybridized carbons (Fsp3) is 0.700. The lowest BCUT2D eigenvalue weighted by molar-refractivity contribution is 0.0617. The van der Waals surface area contributed by atoms with Gasteiger partial charge in [-0.25, -0.2) is 0 Å². The first kappa shape index (κ1) is 19.6. The molecule has 1 aliphatic heterocycles. The minimum atomic E-state index is -0.397. The molecule has 0 spiro atoms. The van der Waals surface area contributed by atoms with Crippen molar-refractivity contribution in [3.63, 3.8) is 0 Å². The fourth-order valence-electron chi connectivity index (χ4n) is 3.96. The van der Waals surface area contributed by atoms with Crippen LogP contribution >= 0.6 is 12.4 Å². The lowest BCUT2D eigenvalue weighted by Gasteiger charge is -2.28. The van der Waals surface area contributed by atoms with Crippen LogP contribution in [-0.2, 0) is 0 Å². The predicted octanol–water partition coefficient (Wildman–Crippen LogP) is 4.38. The van der Waals surface area contributed by atoms with Crippen LogP contribution in [0.25, 0.3) is 0 Å². The van der Waals surface area contributed by atoms with Gasteiger partial charge >= 0.3 is 0 Å². The molecule has 4 heteroatoms. The Balaban J connectivity index is 0.00000208. The third-order valence-corrected chi connectivity index (χ3v) is 5.32. The molecule has 1 saturated heterocycles. The summed E-state index contributed by atoms with van der Waals surface area (Å²) in [5, 5.41) is 10.2. The van der Waals surface area contributed by atoms with E-state index in [1.165, 1.54) is 56.9 Å². The monoisotopic (exact) mass is 353 g/mol. The van der Waals surface area contributed by atoms with Crippen LogP contribution in [0.1, 0.15) is 62.8 Å². The number of likely N-dealkylation sites (tertiary alicyclic amines) is 1. The summed E-state index contributed by atoms with van der Waals surface area (Å²) in [6.07, 6.45) is 10.2. The standard InChI is InChI=1S/C20H31NO2.ClH/c22-19(15-21-13-5-2-6-14-21)16-23-20-11-9-18(10-12-20)17-7-3-1-4-8-17;/h9-12,17,19,22H,1-8,13-16H2;1H. The summed E-state index contributed by atoms with van der Waals surface area (Å²) in [5.74, 6) is 1.62. The van der Waals surface area contributed by atoms with Crippen LogP contribution in [-0.4, -0.2) is 42.4 Å². The molecule has 1 aromatic carbocycles. The molecule has 1 unspecified atom stereocenters. The average Bonchev–Trinajstić information content (AvgIpc) is 2.62. The Kier molecular flexibility index (Phi) is 8.37. The normalized spacial score (nSPS) is 21.0. The van der Waals surface area contributed by atoms with E-state index in [-0.39, 0.29) is 12.4 Å². The SMILES string of the molecule is Cl.OC(COc1ccc(C2CCCCC2)cc1)CN1CCCCC1. The second kappa shape index (κ2) is 10.3. The highest BCUT2D eigenvalue weighted by Gasteiger charge is 2.16. The lowest BCUT2D eigenvalue weighted by atomic mass is 9.84. The van der Waals surface area contributed by atoms with E-state index < -0.39 is 6.10 Å². The number of piperidine rings is 1. The summed E-state index contributed by atoms with van der Waals surface area (Å²) in [7, 11) is 0. The van der Waals surface area contributed by atoms with Gasteiger partial charge in [-0.15, -0.1) is 12.4 Å². The highest BCUT2D eigenvalue weighted by molar-refractivity contribution is 5.85. The number of halogens is 1. The number of benzene rings is 1. The maximum absolute atomic E-state index is 10.2. The topological polar surface area (TPSA) is 32.7 Å². The number of aliphatic hydroxyl groups is 1. The van der Waals surface area contributed by atoms with Crippen LogP contribution < -0.4 is 4.74 Å². The molecule has 1 atom stereocenters. The Bertz CT molecular complexity index is 453. The van der Waals surface area contributed by atoms with Crippen molar-refractivity contribution in [1.29, 1.82) is 0 Å². The number of aliphatic hydroxyl groups excluding tert-OH is 1. The first-order valence-electron chi connectivity index (χ1n) is 9.44. The Morgan fingerprint density at radius 1 is 0.958 bits per heavy atom. The van der Waals surface area contributed by atoms with E-state index >= 15 is 0 Å². The van der Waals surface area contributed by atoms with Crippen molar-refractivity contribution in [2.24, 2.45) is 0 Å². The Morgan fingerprint density at radius 3 is 2.25 bits per heavy atom. The van der Waals surface area contributed by atoms with Crippen LogP contribution in [0.5, 0.6) is 5.75 Å². The van der Waals surface area contributed by atoms with Gasteiger partial charge in [0.15, 0.2) is 0 Å². The van der Waals surface area contributed by atoms with E-state index in [2.05, 4.69) is 29.2 Å². The summed E-state index contributed by atoms with van der Waals surface area (Å²) in [4.78, 5) is 2.35. The van der Waals surface area contributed by atoms with E-state index in [1.54, 1.807) is 0 Å². The molecule has 24 heavy (non-hydrogen) atoms. The summed E-state index contributed by atoms with van der Waals surface area (Å²) in [6.45, 7) is 3.36. The first-order chi connectivity index (χ1) is 11.3. The summed E-state index contributed by atoms with van der Waals surface area (Å²) in [5.41, 5.74) is 1.45. The fourth-order valence-corrected chi connectivity index (χ4v) is 3.96. The van der Waals surface area contributed by atoms with Crippen LogP contribution in [0.15, 0.2) is 24.3 Å². The van der Waals surface area contributed by atoms with Gasteiger partial charge in [-0.3, -0.25) is 0 Å². The minimum Gasteiger partial charge on any atom is -0.491 e. The number of β-amino-alcohol motifs (C(OH)–C–C–N with tert-alkyl or cyclic N) is 1. The highest BCUT2D eigenvalue weighted by Crippen LogP contribution is 2.33. The minimum absolute atomic E-state index is 0. The number of nitrogens with zero attached hydrogens (tertiary/aromatic N) is 1. The maximum atomic E-state index is 10.2. The molecule has 136 valence electrons. The van der Waals surface area contributed by atoms with Gasteiger partial charge in [0, 0.05) is 6.54 Å². The molecule has 1 aliphatic carbocycles. The van der Waals surface area contributed by atoms with Crippen molar-refractivity contribution < 1.29 is 9.84 Å². The van der Waals surface area contributed by atoms with E-state index in [0.717, 1.165) is 31.3 Å². The van der Waals surface area contributed by atoms with Gasteiger partial charge in [-0.05, 0) is 62.4 Å². The van der Waals surface area contributed by atoms with E-state index in [0.29, 0.717) is 6.61 Å². The summed E-state index contributed by atoms with van der Waals surface area (Å²) < 4.78 is 5.77. The van der Waals surface area contributed by atoms with Crippen molar-refractivity contribution in [2.75, 3.05) is 26.2 Å². The molecule has 2 fully saturated rings. The number of rotatable bonds is 6. The van der Waals surface area contributed by atoms with Crippen molar-refractivity contribution in [1.82, 2.24) is 4.90 Å². The quantitative estimate of drug-likeness (QED) is 0.823.